The van der Waals surface area contributed by atoms with E-state index in [9.17, 15) is 0 Å². The molecule has 2 unspecified atom stereocenters. The van der Waals surface area contributed by atoms with Gasteiger partial charge in [-0.2, -0.15) is 0 Å². The molecule has 1 saturated heterocycles. The van der Waals surface area contributed by atoms with Crippen LogP contribution in [0.3, 0.4) is 0 Å². The molecule has 1 heterocycles. The summed E-state index contributed by atoms with van der Waals surface area (Å²) < 4.78 is 0. The molecule has 1 rings (SSSR count). The lowest BCUT2D eigenvalue weighted by atomic mass is 10.2. The molecule has 0 amide bonds. The number of hydrogen-bond donors (Lipinski definition) is 1. The lowest BCUT2D eigenvalue weighted by molar-refractivity contribution is 0.178. The van der Waals surface area contributed by atoms with Gasteiger partial charge >= 0.3 is 0 Å². The van der Waals surface area contributed by atoms with Gasteiger partial charge in [-0.15, -0.1) is 0 Å². The standard InChI is InChI=1S/C12H27N3/c1-5-14(6-2)9-11(3)15-8-7-12(10-15)13-4/h11-13H,5-10H2,1-4H3. The van der Waals surface area contributed by atoms with Crippen molar-refractivity contribution in [3.8, 4) is 0 Å². The maximum Gasteiger partial charge on any atom is 0.0204 e. The first kappa shape index (κ1) is 12.9. The molecule has 1 fully saturated rings. The molecule has 0 aliphatic carbocycles. The van der Waals surface area contributed by atoms with Crippen LogP contribution < -0.4 is 5.32 Å². The maximum atomic E-state index is 3.37. The summed E-state index contributed by atoms with van der Waals surface area (Å²) in [7, 11) is 2.07. The summed E-state index contributed by atoms with van der Waals surface area (Å²) in [6, 6.07) is 1.41. The molecule has 0 aromatic heterocycles. The van der Waals surface area contributed by atoms with Gasteiger partial charge in [-0.05, 0) is 33.5 Å². The van der Waals surface area contributed by atoms with Crippen molar-refractivity contribution in [3.63, 3.8) is 0 Å². The van der Waals surface area contributed by atoms with E-state index >= 15 is 0 Å². The molecule has 1 aliphatic heterocycles. The fraction of sp³-hybridized carbons (Fsp3) is 1.00. The smallest absolute Gasteiger partial charge is 0.0204 e. The van der Waals surface area contributed by atoms with Crippen molar-refractivity contribution in [2.45, 2.75) is 39.3 Å². The topological polar surface area (TPSA) is 18.5 Å². The number of nitrogens with one attached hydrogen (secondary N) is 1. The summed E-state index contributed by atoms with van der Waals surface area (Å²) >= 11 is 0. The minimum atomic E-state index is 0.697. The van der Waals surface area contributed by atoms with E-state index in [1.165, 1.54) is 39.1 Å². The lowest BCUT2D eigenvalue weighted by Crippen LogP contribution is -2.42. The van der Waals surface area contributed by atoms with Crippen LogP contribution >= 0.6 is 0 Å². The molecule has 0 spiro atoms. The van der Waals surface area contributed by atoms with E-state index in [4.69, 9.17) is 0 Å². The van der Waals surface area contributed by atoms with Crippen molar-refractivity contribution in [2.75, 3.05) is 39.8 Å². The quantitative estimate of drug-likeness (QED) is 0.710. The second-order valence-corrected chi connectivity index (χ2v) is 4.60. The van der Waals surface area contributed by atoms with Crippen LogP contribution in [0.2, 0.25) is 0 Å². The van der Waals surface area contributed by atoms with Gasteiger partial charge in [0.1, 0.15) is 0 Å². The Morgan fingerprint density at radius 2 is 2.07 bits per heavy atom. The molecular formula is C12H27N3. The van der Waals surface area contributed by atoms with Crippen LogP contribution in [0.1, 0.15) is 27.2 Å². The first-order valence-electron chi connectivity index (χ1n) is 6.34. The molecule has 2 atom stereocenters. The monoisotopic (exact) mass is 213 g/mol. The van der Waals surface area contributed by atoms with Crippen molar-refractivity contribution in [3.05, 3.63) is 0 Å². The van der Waals surface area contributed by atoms with Gasteiger partial charge in [-0.25, -0.2) is 0 Å². The zero-order chi connectivity index (χ0) is 11.3. The summed E-state index contributed by atoms with van der Waals surface area (Å²) in [4.78, 5) is 5.12. The van der Waals surface area contributed by atoms with Gasteiger partial charge < -0.3 is 10.2 Å². The maximum absolute atomic E-state index is 3.37. The van der Waals surface area contributed by atoms with Gasteiger partial charge in [-0.1, -0.05) is 13.8 Å². The second-order valence-electron chi connectivity index (χ2n) is 4.60. The SMILES string of the molecule is CCN(CC)CC(C)N1CCC(NC)C1. The second kappa shape index (κ2) is 6.46. The molecular weight excluding hydrogens is 186 g/mol. The fourth-order valence-electron chi connectivity index (χ4n) is 2.39. The number of rotatable bonds is 6. The highest BCUT2D eigenvalue weighted by molar-refractivity contribution is 4.84. The highest BCUT2D eigenvalue weighted by Crippen LogP contribution is 2.13. The van der Waals surface area contributed by atoms with E-state index in [1.54, 1.807) is 0 Å². The molecule has 0 radical (unpaired) electrons. The Hall–Kier alpha value is -0.120. The van der Waals surface area contributed by atoms with Crippen molar-refractivity contribution in [1.82, 2.24) is 15.1 Å². The molecule has 0 aromatic carbocycles. The van der Waals surface area contributed by atoms with Crippen LogP contribution in [0.15, 0.2) is 0 Å². The summed E-state index contributed by atoms with van der Waals surface area (Å²) in [5, 5.41) is 3.37. The summed E-state index contributed by atoms with van der Waals surface area (Å²) in [6.07, 6.45) is 1.30. The van der Waals surface area contributed by atoms with E-state index in [0.29, 0.717) is 12.1 Å². The summed E-state index contributed by atoms with van der Waals surface area (Å²) in [5.41, 5.74) is 0. The number of hydrogen-bond acceptors (Lipinski definition) is 3. The van der Waals surface area contributed by atoms with E-state index in [0.717, 1.165) is 0 Å². The van der Waals surface area contributed by atoms with Gasteiger partial charge in [0.25, 0.3) is 0 Å². The van der Waals surface area contributed by atoms with E-state index in [2.05, 4.69) is 42.9 Å². The van der Waals surface area contributed by atoms with Crippen molar-refractivity contribution in [2.24, 2.45) is 0 Å². The van der Waals surface area contributed by atoms with Crippen LogP contribution in [0.4, 0.5) is 0 Å². The predicted molar refractivity (Wildman–Crippen MR) is 66.3 cm³/mol. The third kappa shape index (κ3) is 3.74. The first-order valence-corrected chi connectivity index (χ1v) is 6.34. The van der Waals surface area contributed by atoms with E-state index in [1.807, 2.05) is 0 Å². The fourth-order valence-corrected chi connectivity index (χ4v) is 2.39. The van der Waals surface area contributed by atoms with Crippen molar-refractivity contribution < 1.29 is 0 Å². The van der Waals surface area contributed by atoms with E-state index in [-0.39, 0.29) is 0 Å². The summed E-state index contributed by atoms with van der Waals surface area (Å²) in [6.45, 7) is 12.9. The Bertz CT molecular complexity index is 168. The minimum Gasteiger partial charge on any atom is -0.316 e. The van der Waals surface area contributed by atoms with Crippen molar-refractivity contribution >= 4 is 0 Å². The first-order chi connectivity index (χ1) is 7.21. The van der Waals surface area contributed by atoms with Gasteiger partial charge in [-0.3, -0.25) is 4.90 Å². The predicted octanol–water partition coefficient (Wildman–Crippen LogP) is 1.01. The van der Waals surface area contributed by atoms with Gasteiger partial charge in [0, 0.05) is 31.7 Å². The number of likely N-dealkylation sites (N-methyl/N-ethyl adjacent to an activating group) is 2. The zero-order valence-electron chi connectivity index (χ0n) is 10.8. The Labute approximate surface area is 94.8 Å². The number of nitrogens with zero attached hydrogens (tertiary/aromatic N) is 2. The van der Waals surface area contributed by atoms with E-state index < -0.39 is 0 Å². The summed E-state index contributed by atoms with van der Waals surface area (Å²) in [5.74, 6) is 0. The molecule has 0 saturated carbocycles. The van der Waals surface area contributed by atoms with Crippen LogP contribution in [0.5, 0.6) is 0 Å². The molecule has 15 heavy (non-hydrogen) atoms. The minimum absolute atomic E-state index is 0.697. The average molecular weight is 213 g/mol. The molecule has 1 aliphatic rings. The van der Waals surface area contributed by atoms with Crippen LogP contribution in [-0.4, -0.2) is 61.7 Å². The molecule has 3 heteroatoms. The largest absolute Gasteiger partial charge is 0.316 e. The highest BCUT2D eigenvalue weighted by atomic mass is 15.2. The Morgan fingerprint density at radius 3 is 2.53 bits per heavy atom. The molecule has 1 N–H and O–H groups in total. The average Bonchev–Trinajstić information content (AvgIpc) is 2.74. The normalized spacial score (nSPS) is 25.0. The zero-order valence-corrected chi connectivity index (χ0v) is 10.8. The Kier molecular flexibility index (Phi) is 5.58. The lowest BCUT2D eigenvalue weighted by Gasteiger charge is -2.29. The highest BCUT2D eigenvalue weighted by Gasteiger charge is 2.25. The van der Waals surface area contributed by atoms with Gasteiger partial charge in [0.15, 0.2) is 0 Å². The van der Waals surface area contributed by atoms with Crippen LogP contribution in [0.25, 0.3) is 0 Å². The Balaban J connectivity index is 2.31. The van der Waals surface area contributed by atoms with Crippen LogP contribution in [0, 0.1) is 0 Å². The van der Waals surface area contributed by atoms with Gasteiger partial charge in [0.05, 0.1) is 0 Å². The van der Waals surface area contributed by atoms with Crippen molar-refractivity contribution in [1.29, 1.82) is 0 Å². The van der Waals surface area contributed by atoms with Crippen LogP contribution in [-0.2, 0) is 0 Å². The molecule has 0 aromatic rings. The van der Waals surface area contributed by atoms with Gasteiger partial charge in [0.2, 0.25) is 0 Å². The number of likely N-dealkylation sites (tertiary alicyclic amines) is 1. The molecule has 0 bridgehead atoms. The third-order valence-electron chi connectivity index (χ3n) is 3.67. The Morgan fingerprint density at radius 1 is 1.40 bits per heavy atom. The third-order valence-corrected chi connectivity index (χ3v) is 3.67. The molecule has 90 valence electrons. The molecule has 3 nitrogen and oxygen atoms in total.